The molecule has 1 radical (unpaired) electrons. The molecule has 5 rings (SSSR count). The Morgan fingerprint density at radius 1 is 1.27 bits per heavy atom. The summed E-state index contributed by atoms with van der Waals surface area (Å²) in [5.74, 6) is 2.69. The van der Waals surface area contributed by atoms with E-state index < -0.39 is 0 Å². The van der Waals surface area contributed by atoms with Gasteiger partial charge in [0.05, 0.1) is 18.9 Å². The van der Waals surface area contributed by atoms with E-state index in [-0.39, 0.29) is 5.91 Å². The number of aliphatic imine (C=N–C) groups is 1. The van der Waals surface area contributed by atoms with Crippen LogP contribution >= 0.6 is 0 Å². The molecule has 0 bridgehead atoms. The molecule has 3 N–H and O–H groups in total. The number of nitrogens with one attached hydrogen (secondary N) is 3. The molecule has 3 aliphatic rings. The largest absolute Gasteiger partial charge is 0.354 e. The molecular formula is C21H24N8O+. The number of anilines is 2. The highest BCUT2D eigenvalue weighted by Gasteiger charge is 2.37. The lowest BCUT2D eigenvalue weighted by atomic mass is 10.1. The second-order valence-corrected chi connectivity index (χ2v) is 7.65. The molecule has 9 nitrogen and oxygen atoms in total. The number of carbonyl (C=O) groups is 1. The van der Waals surface area contributed by atoms with Crippen molar-refractivity contribution in [3.8, 4) is 0 Å². The van der Waals surface area contributed by atoms with Gasteiger partial charge >= 0.3 is 0 Å². The Morgan fingerprint density at radius 3 is 3.03 bits per heavy atom. The molecule has 1 saturated heterocycles. The van der Waals surface area contributed by atoms with E-state index in [1.165, 1.54) is 5.56 Å². The van der Waals surface area contributed by atoms with Crippen LogP contribution < -0.4 is 20.4 Å². The Morgan fingerprint density at radius 2 is 2.20 bits per heavy atom. The third kappa shape index (κ3) is 3.85. The number of hydrogen-bond donors (Lipinski definition) is 3. The zero-order valence-corrected chi connectivity index (χ0v) is 16.8. The number of amidine groups is 1. The fourth-order valence-corrected chi connectivity index (χ4v) is 3.87. The summed E-state index contributed by atoms with van der Waals surface area (Å²) in [6.45, 7) is 5.42. The number of benzene rings is 1. The second kappa shape index (κ2) is 7.77. The normalized spacial score (nSPS) is 19.4. The average Bonchev–Trinajstić information content (AvgIpc) is 3.37. The van der Waals surface area contributed by atoms with Gasteiger partial charge in [0.1, 0.15) is 6.54 Å². The van der Waals surface area contributed by atoms with Crippen LogP contribution in [0.15, 0.2) is 59.7 Å². The Bertz CT molecular complexity index is 1050. The van der Waals surface area contributed by atoms with Crippen molar-refractivity contribution in [1.29, 1.82) is 0 Å². The number of aromatic nitrogens is 2. The molecule has 2 aromatic rings. The maximum atomic E-state index is 11.7. The van der Waals surface area contributed by atoms with Gasteiger partial charge in [-0.1, -0.05) is 12.1 Å². The molecule has 153 valence electrons. The minimum Gasteiger partial charge on any atom is -0.354 e. The monoisotopic (exact) mass is 404 g/mol. The average molecular weight is 404 g/mol. The highest BCUT2D eigenvalue weighted by molar-refractivity contribution is 5.96. The Labute approximate surface area is 174 Å². The van der Waals surface area contributed by atoms with Gasteiger partial charge in [0.2, 0.25) is 5.91 Å². The van der Waals surface area contributed by atoms with E-state index >= 15 is 0 Å². The first kappa shape index (κ1) is 18.6. The second-order valence-electron chi connectivity index (χ2n) is 7.65. The third-order valence-electron chi connectivity index (χ3n) is 5.29. The molecule has 30 heavy (non-hydrogen) atoms. The first-order chi connectivity index (χ1) is 14.6. The lowest BCUT2D eigenvalue weighted by Crippen LogP contribution is -2.47. The summed E-state index contributed by atoms with van der Waals surface area (Å²) in [6.07, 6.45) is 5.83. The number of H-pyrrole nitrogens is 1. The molecule has 9 heteroatoms. The van der Waals surface area contributed by atoms with Gasteiger partial charge in [0.25, 0.3) is 11.7 Å². The molecule has 4 heterocycles. The summed E-state index contributed by atoms with van der Waals surface area (Å²) < 4.78 is 0. The first-order valence-electron chi connectivity index (χ1n) is 10.0. The van der Waals surface area contributed by atoms with Gasteiger partial charge in [-0.05, 0) is 29.5 Å². The maximum Gasteiger partial charge on any atom is 0.284 e. The minimum absolute atomic E-state index is 0.0903. The first-order valence-corrected chi connectivity index (χ1v) is 10.0. The van der Waals surface area contributed by atoms with Gasteiger partial charge in [0.15, 0.2) is 12.0 Å². The molecule has 1 amide bonds. The molecule has 0 saturated carbocycles. The highest BCUT2D eigenvalue weighted by Crippen LogP contribution is 2.25. The Balaban J connectivity index is 1.38. The summed E-state index contributed by atoms with van der Waals surface area (Å²) in [5.41, 5.74) is 3.26. The molecule has 3 aliphatic heterocycles. The molecular weight excluding hydrogens is 380 g/mol. The number of piperazine rings is 1. The number of carbonyl (C=O) groups excluding carboxylic acids is 1. The lowest BCUT2D eigenvalue weighted by molar-refractivity contribution is -0.124. The van der Waals surface area contributed by atoms with E-state index in [0.29, 0.717) is 19.6 Å². The fourth-order valence-electron chi connectivity index (χ4n) is 3.87. The lowest BCUT2D eigenvalue weighted by Gasteiger charge is -2.28. The highest BCUT2D eigenvalue weighted by atomic mass is 16.2. The maximum absolute atomic E-state index is 11.7. The van der Waals surface area contributed by atoms with Crippen LogP contribution in [0.25, 0.3) is 0 Å². The van der Waals surface area contributed by atoms with E-state index in [0.717, 1.165) is 41.9 Å². The number of amides is 1. The van der Waals surface area contributed by atoms with Crippen molar-refractivity contribution in [3.05, 3.63) is 66.0 Å². The topological polar surface area (TPSA) is 94.6 Å². The minimum atomic E-state index is 0.0903. The standard InChI is InChI=1S/C21H24N8O/c1-15-9-18(26-25-15)24-20-13-28(12-19-22-6-8-29(19)20)17-4-2-3-16(10-17)11-27-7-5-23-21(30)14-27/h2-4,6,8-10,13H,5,7,11-12,14H2,1H3,(H,23,30)(H2,24,25,26)/q+1. The summed E-state index contributed by atoms with van der Waals surface area (Å²) in [7, 11) is 0. The predicted octanol–water partition coefficient (Wildman–Crippen LogP) is 1.40. The van der Waals surface area contributed by atoms with Crippen molar-refractivity contribution < 1.29 is 4.79 Å². The zero-order chi connectivity index (χ0) is 20.5. The van der Waals surface area contributed by atoms with Crippen LogP contribution in [0.1, 0.15) is 11.3 Å². The van der Waals surface area contributed by atoms with Crippen LogP contribution in [0.3, 0.4) is 0 Å². The van der Waals surface area contributed by atoms with Crippen molar-refractivity contribution in [2.45, 2.75) is 13.5 Å². The molecule has 1 aromatic carbocycles. The van der Waals surface area contributed by atoms with Gasteiger partial charge in [-0.3, -0.25) is 20.1 Å². The SMILES string of the molecule is Cc1cc(NC2=CN(c3cccc(CN4CCNC(=O)C4)c3)CC3=NC=C[N+]23)n[nH]1. The van der Waals surface area contributed by atoms with Crippen molar-refractivity contribution in [2.75, 3.05) is 36.4 Å². The van der Waals surface area contributed by atoms with Crippen molar-refractivity contribution in [2.24, 2.45) is 4.99 Å². The summed E-state index contributed by atoms with van der Waals surface area (Å²) >= 11 is 0. The number of rotatable bonds is 5. The number of nitrogens with zero attached hydrogens (tertiary/aromatic N) is 5. The number of aromatic amines is 1. The van der Waals surface area contributed by atoms with Crippen LogP contribution in [-0.2, 0) is 11.3 Å². The van der Waals surface area contributed by atoms with Crippen LogP contribution in [0.5, 0.6) is 0 Å². The molecule has 1 fully saturated rings. The quantitative estimate of drug-likeness (QED) is 0.655. The van der Waals surface area contributed by atoms with E-state index in [9.17, 15) is 4.79 Å². The van der Waals surface area contributed by atoms with Crippen LogP contribution in [-0.4, -0.2) is 53.0 Å². The molecule has 0 aliphatic carbocycles. The van der Waals surface area contributed by atoms with Gasteiger partial charge in [-0.15, -0.1) is 0 Å². The summed E-state index contributed by atoms with van der Waals surface area (Å²) in [4.78, 5) is 22.6. The van der Waals surface area contributed by atoms with Gasteiger partial charge in [-0.2, -0.15) is 10.1 Å². The van der Waals surface area contributed by atoms with Crippen molar-refractivity contribution in [1.82, 2.24) is 25.3 Å². The zero-order valence-electron chi connectivity index (χ0n) is 16.8. The van der Waals surface area contributed by atoms with Crippen LogP contribution in [0.4, 0.5) is 11.5 Å². The van der Waals surface area contributed by atoms with E-state index in [2.05, 4.69) is 66.1 Å². The molecule has 1 aromatic heterocycles. The van der Waals surface area contributed by atoms with E-state index in [4.69, 9.17) is 0 Å². The fraction of sp³-hybridized carbons (Fsp3) is 0.286. The molecule has 0 spiro atoms. The van der Waals surface area contributed by atoms with Gasteiger partial charge < -0.3 is 10.2 Å². The van der Waals surface area contributed by atoms with E-state index in [1.807, 2.05) is 30.3 Å². The van der Waals surface area contributed by atoms with Gasteiger partial charge in [0, 0.05) is 37.1 Å². The molecule has 0 atom stereocenters. The number of aryl methyl sites for hydroxylation is 1. The van der Waals surface area contributed by atoms with Crippen LogP contribution in [0.2, 0.25) is 0 Å². The smallest absolute Gasteiger partial charge is 0.284 e. The molecule has 0 unspecified atom stereocenters. The third-order valence-corrected chi connectivity index (χ3v) is 5.29. The number of fused-ring (bicyclic) bond motifs is 1. The van der Waals surface area contributed by atoms with Crippen LogP contribution in [0, 0.1) is 6.92 Å². The van der Waals surface area contributed by atoms with Crippen molar-refractivity contribution >= 4 is 23.2 Å². The summed E-state index contributed by atoms with van der Waals surface area (Å²) in [6, 6.07) is 10.4. The summed E-state index contributed by atoms with van der Waals surface area (Å²) in [5, 5.41) is 13.5. The Kier molecular flexibility index (Phi) is 4.82. The van der Waals surface area contributed by atoms with Gasteiger partial charge in [-0.25, -0.2) is 0 Å². The Hall–Kier alpha value is -3.43. The number of hydrogen-bond acceptors (Lipinski definition) is 7. The van der Waals surface area contributed by atoms with Crippen molar-refractivity contribution in [3.63, 3.8) is 0 Å². The predicted molar refractivity (Wildman–Crippen MR) is 116 cm³/mol. The van der Waals surface area contributed by atoms with E-state index in [1.54, 1.807) is 0 Å².